The van der Waals surface area contributed by atoms with Gasteiger partial charge in [-0.15, -0.1) is 11.3 Å². The lowest BCUT2D eigenvalue weighted by molar-refractivity contribution is 0.0599. The van der Waals surface area contributed by atoms with E-state index in [1.54, 1.807) is 23.6 Å². The number of nitrogens with one attached hydrogen (secondary N) is 1. The minimum absolute atomic E-state index is 0.0388. The Morgan fingerprint density at radius 2 is 1.71 bits per heavy atom. The molecule has 0 amide bonds. The fraction of sp³-hybridized carbons (Fsp3) is 0.185. The molecular formula is C27H26N2O4S2. The molecule has 0 fully saturated rings. The highest BCUT2D eigenvalue weighted by molar-refractivity contribution is 7.89. The van der Waals surface area contributed by atoms with Gasteiger partial charge in [0.05, 0.1) is 17.6 Å². The molecule has 0 atom stereocenters. The Kier molecular flexibility index (Phi) is 7.75. The van der Waals surface area contributed by atoms with Crippen LogP contribution in [-0.4, -0.2) is 33.0 Å². The Bertz CT molecular complexity index is 1430. The first-order valence-electron chi connectivity index (χ1n) is 11.2. The monoisotopic (exact) mass is 506 g/mol. The third-order valence-electron chi connectivity index (χ3n) is 5.64. The van der Waals surface area contributed by atoms with Gasteiger partial charge < -0.3 is 4.74 Å². The number of ether oxygens (including phenoxy) is 1. The van der Waals surface area contributed by atoms with E-state index < -0.39 is 16.0 Å². The number of nitrogens with zero attached hydrogens (tertiary/aromatic N) is 1. The van der Waals surface area contributed by atoms with Crippen LogP contribution in [0.5, 0.6) is 0 Å². The zero-order valence-corrected chi connectivity index (χ0v) is 21.2. The van der Waals surface area contributed by atoms with Crippen molar-refractivity contribution in [3.8, 4) is 21.7 Å². The molecule has 0 saturated carbocycles. The fourth-order valence-corrected chi connectivity index (χ4v) is 5.82. The standard InChI is InChI=1S/C27H26N2O4S2/c1-3-19-13-14-22(17-25(19)27(30)33-2)35(31,32)29-16-15-21-18-28-26(34-21)24-12-8-7-11-23(24)20-9-5-4-6-10-20/h4-14,17-18,29H,3,15-16H2,1-2H3. The highest BCUT2D eigenvalue weighted by Gasteiger charge is 2.19. The van der Waals surface area contributed by atoms with Gasteiger partial charge in [0, 0.05) is 23.2 Å². The molecule has 6 nitrogen and oxygen atoms in total. The second kappa shape index (κ2) is 10.9. The molecule has 3 aromatic carbocycles. The van der Waals surface area contributed by atoms with Crippen LogP contribution in [0, 0.1) is 0 Å². The van der Waals surface area contributed by atoms with Crippen LogP contribution in [0.4, 0.5) is 0 Å². The number of aromatic nitrogens is 1. The molecule has 1 heterocycles. The molecule has 4 aromatic rings. The predicted molar refractivity (Wildman–Crippen MR) is 139 cm³/mol. The van der Waals surface area contributed by atoms with Gasteiger partial charge in [0.2, 0.25) is 10.0 Å². The van der Waals surface area contributed by atoms with Gasteiger partial charge in [-0.25, -0.2) is 22.9 Å². The third-order valence-corrected chi connectivity index (χ3v) is 8.19. The van der Waals surface area contributed by atoms with Crippen molar-refractivity contribution in [2.24, 2.45) is 0 Å². The quantitative estimate of drug-likeness (QED) is 0.310. The summed E-state index contributed by atoms with van der Waals surface area (Å²) >= 11 is 1.55. The normalized spacial score (nSPS) is 11.4. The number of carbonyl (C=O) groups excluding carboxylic acids is 1. The summed E-state index contributed by atoms with van der Waals surface area (Å²) in [7, 11) is -2.50. The van der Waals surface area contributed by atoms with Gasteiger partial charge in [-0.1, -0.05) is 67.6 Å². The Balaban J connectivity index is 1.47. The van der Waals surface area contributed by atoms with Crippen molar-refractivity contribution >= 4 is 27.3 Å². The molecule has 8 heteroatoms. The van der Waals surface area contributed by atoms with E-state index in [1.807, 2.05) is 43.3 Å². The zero-order valence-electron chi connectivity index (χ0n) is 19.5. The first kappa shape index (κ1) is 24.8. The van der Waals surface area contributed by atoms with E-state index in [0.717, 1.165) is 32.1 Å². The van der Waals surface area contributed by atoms with Gasteiger partial charge >= 0.3 is 5.97 Å². The van der Waals surface area contributed by atoms with E-state index in [2.05, 4.69) is 27.9 Å². The summed E-state index contributed by atoms with van der Waals surface area (Å²) in [6, 6.07) is 22.8. The van der Waals surface area contributed by atoms with Crippen molar-refractivity contribution in [1.82, 2.24) is 9.71 Å². The highest BCUT2D eigenvalue weighted by atomic mass is 32.2. The average molecular weight is 507 g/mol. The summed E-state index contributed by atoms with van der Waals surface area (Å²) in [6.07, 6.45) is 2.89. The average Bonchev–Trinajstić information content (AvgIpc) is 3.37. The van der Waals surface area contributed by atoms with E-state index in [0.29, 0.717) is 12.8 Å². The second-order valence-electron chi connectivity index (χ2n) is 7.86. The number of methoxy groups -OCH3 is 1. The molecule has 0 aliphatic carbocycles. The summed E-state index contributed by atoms with van der Waals surface area (Å²) < 4.78 is 33.1. The Morgan fingerprint density at radius 1 is 1.00 bits per heavy atom. The molecule has 0 radical (unpaired) electrons. The third kappa shape index (κ3) is 5.67. The Hall–Kier alpha value is -3.33. The minimum Gasteiger partial charge on any atom is -0.465 e. The van der Waals surface area contributed by atoms with Gasteiger partial charge in [-0.3, -0.25) is 0 Å². The molecule has 180 valence electrons. The molecule has 0 aliphatic rings. The van der Waals surface area contributed by atoms with Crippen LogP contribution in [0.2, 0.25) is 0 Å². The topological polar surface area (TPSA) is 85.4 Å². The molecule has 0 spiro atoms. The number of aryl methyl sites for hydroxylation is 1. The lowest BCUT2D eigenvalue weighted by Gasteiger charge is -2.10. The maximum atomic E-state index is 12.8. The summed E-state index contributed by atoms with van der Waals surface area (Å²) in [5.74, 6) is -0.549. The number of hydrogen-bond donors (Lipinski definition) is 1. The SMILES string of the molecule is CCc1ccc(S(=O)(=O)NCCc2cnc(-c3ccccc3-c3ccccc3)s2)cc1C(=O)OC. The second-order valence-corrected chi connectivity index (χ2v) is 10.7. The first-order chi connectivity index (χ1) is 16.9. The molecule has 0 unspecified atom stereocenters. The Morgan fingerprint density at radius 3 is 2.43 bits per heavy atom. The summed E-state index contributed by atoms with van der Waals surface area (Å²) in [6.45, 7) is 2.11. The van der Waals surface area contributed by atoms with E-state index in [4.69, 9.17) is 4.74 Å². The van der Waals surface area contributed by atoms with Crippen molar-refractivity contribution in [2.45, 2.75) is 24.7 Å². The number of sulfonamides is 1. The van der Waals surface area contributed by atoms with E-state index in [-0.39, 0.29) is 17.0 Å². The number of rotatable bonds is 9. The minimum atomic E-state index is -3.78. The van der Waals surface area contributed by atoms with Crippen molar-refractivity contribution < 1.29 is 17.9 Å². The van der Waals surface area contributed by atoms with Crippen LogP contribution in [0.3, 0.4) is 0 Å². The molecule has 0 aliphatic heterocycles. The maximum absolute atomic E-state index is 12.8. The van der Waals surface area contributed by atoms with Gasteiger partial charge in [-0.05, 0) is 41.7 Å². The maximum Gasteiger partial charge on any atom is 0.338 e. The van der Waals surface area contributed by atoms with Crippen LogP contribution < -0.4 is 4.72 Å². The molecule has 0 saturated heterocycles. The number of thiazole rings is 1. The molecule has 4 rings (SSSR count). The summed E-state index contributed by atoms with van der Waals surface area (Å²) in [4.78, 5) is 17.7. The fourth-order valence-electron chi connectivity index (χ4n) is 3.81. The van der Waals surface area contributed by atoms with Gasteiger partial charge in [0.1, 0.15) is 5.01 Å². The zero-order chi connectivity index (χ0) is 24.8. The number of hydrogen-bond acceptors (Lipinski definition) is 6. The molecule has 1 N–H and O–H groups in total. The van der Waals surface area contributed by atoms with E-state index in [1.165, 1.54) is 19.2 Å². The smallest absolute Gasteiger partial charge is 0.338 e. The van der Waals surface area contributed by atoms with Gasteiger partial charge in [-0.2, -0.15) is 0 Å². The van der Waals surface area contributed by atoms with E-state index >= 15 is 0 Å². The van der Waals surface area contributed by atoms with Crippen LogP contribution in [0.25, 0.3) is 21.7 Å². The molecular weight excluding hydrogens is 480 g/mol. The summed E-state index contributed by atoms with van der Waals surface area (Å²) in [5.41, 5.74) is 4.27. The summed E-state index contributed by atoms with van der Waals surface area (Å²) in [5, 5.41) is 0.889. The first-order valence-corrected chi connectivity index (χ1v) is 13.5. The van der Waals surface area contributed by atoms with Crippen molar-refractivity contribution in [2.75, 3.05) is 13.7 Å². The molecule has 35 heavy (non-hydrogen) atoms. The van der Waals surface area contributed by atoms with Gasteiger partial charge in [0.25, 0.3) is 0 Å². The van der Waals surface area contributed by atoms with E-state index in [9.17, 15) is 13.2 Å². The number of esters is 1. The Labute approximate surface area is 209 Å². The molecule has 1 aromatic heterocycles. The molecule has 0 bridgehead atoms. The van der Waals surface area contributed by atoms with Crippen molar-refractivity contribution in [3.63, 3.8) is 0 Å². The number of benzene rings is 3. The number of carbonyl (C=O) groups is 1. The lowest BCUT2D eigenvalue weighted by Crippen LogP contribution is -2.26. The predicted octanol–water partition coefficient (Wildman–Crippen LogP) is 5.35. The van der Waals surface area contributed by atoms with Crippen molar-refractivity contribution in [1.29, 1.82) is 0 Å². The van der Waals surface area contributed by atoms with Crippen LogP contribution >= 0.6 is 11.3 Å². The van der Waals surface area contributed by atoms with Crippen LogP contribution in [-0.2, 0) is 27.6 Å². The largest absolute Gasteiger partial charge is 0.465 e. The van der Waals surface area contributed by atoms with Crippen LogP contribution in [0.15, 0.2) is 83.9 Å². The highest BCUT2D eigenvalue weighted by Crippen LogP contribution is 2.34. The lowest BCUT2D eigenvalue weighted by atomic mass is 10.0. The van der Waals surface area contributed by atoms with Gasteiger partial charge in [0.15, 0.2) is 0 Å². The van der Waals surface area contributed by atoms with Crippen molar-refractivity contribution in [3.05, 3.63) is 95.0 Å². The van der Waals surface area contributed by atoms with Crippen LogP contribution in [0.1, 0.15) is 27.7 Å².